The van der Waals surface area contributed by atoms with Gasteiger partial charge in [0.25, 0.3) is 5.91 Å². The van der Waals surface area contributed by atoms with Gasteiger partial charge in [0, 0.05) is 36.7 Å². The maximum absolute atomic E-state index is 12.2. The van der Waals surface area contributed by atoms with Crippen molar-refractivity contribution in [2.45, 2.75) is 19.4 Å². The van der Waals surface area contributed by atoms with Gasteiger partial charge in [-0.2, -0.15) is 0 Å². The van der Waals surface area contributed by atoms with E-state index in [1.807, 2.05) is 0 Å². The fourth-order valence-electron chi connectivity index (χ4n) is 2.69. The molecule has 10 heteroatoms. The minimum atomic E-state index is -3.06. The summed E-state index contributed by atoms with van der Waals surface area (Å²) in [5, 5.41) is 8.35. The van der Waals surface area contributed by atoms with Crippen LogP contribution in [0.1, 0.15) is 23.7 Å². The molecule has 0 radical (unpaired) electrons. The summed E-state index contributed by atoms with van der Waals surface area (Å²) in [5.41, 5.74) is 1.56. The van der Waals surface area contributed by atoms with Gasteiger partial charge in [-0.05, 0) is 24.6 Å². The Labute approximate surface area is 156 Å². The molecule has 9 nitrogen and oxygen atoms in total. The average molecular weight is 389 g/mol. The third-order valence-corrected chi connectivity index (χ3v) is 5.69. The minimum Gasteiger partial charge on any atom is -0.348 e. The summed E-state index contributed by atoms with van der Waals surface area (Å²) >= 11 is 0. The van der Waals surface area contributed by atoms with Crippen molar-refractivity contribution < 1.29 is 18.0 Å². The lowest BCUT2D eigenvalue weighted by molar-refractivity contribution is -0.114. The lowest BCUT2D eigenvalue weighted by Crippen LogP contribution is -2.35. The molecule has 1 atom stereocenters. The lowest BCUT2D eigenvalue weighted by atomic mass is 10.2. The van der Waals surface area contributed by atoms with Crippen LogP contribution in [0, 0.1) is 0 Å². The number of amides is 2. The number of anilines is 3. The van der Waals surface area contributed by atoms with Crippen molar-refractivity contribution >= 4 is 39.0 Å². The van der Waals surface area contributed by atoms with E-state index in [9.17, 15) is 18.0 Å². The zero-order valence-electron chi connectivity index (χ0n) is 14.6. The lowest BCUT2D eigenvalue weighted by Gasteiger charge is -2.11. The number of carbonyl (C=O) groups excluding carboxylic acids is 2. The van der Waals surface area contributed by atoms with Crippen molar-refractivity contribution in [1.82, 2.24) is 15.3 Å². The molecule has 1 aromatic heterocycles. The van der Waals surface area contributed by atoms with Crippen LogP contribution in [0.15, 0.2) is 36.7 Å². The van der Waals surface area contributed by atoms with Crippen LogP contribution in [0.25, 0.3) is 0 Å². The number of nitrogens with one attached hydrogen (secondary N) is 3. The van der Waals surface area contributed by atoms with Gasteiger partial charge in [0.2, 0.25) is 11.9 Å². The highest BCUT2D eigenvalue weighted by Crippen LogP contribution is 2.18. The zero-order valence-corrected chi connectivity index (χ0v) is 15.4. The maximum atomic E-state index is 12.2. The van der Waals surface area contributed by atoms with Crippen LogP contribution in [-0.4, -0.2) is 47.7 Å². The van der Waals surface area contributed by atoms with Crippen LogP contribution in [0.2, 0.25) is 0 Å². The predicted octanol–water partition coefficient (Wildman–Crippen LogP) is 1.10. The predicted molar refractivity (Wildman–Crippen MR) is 101 cm³/mol. The monoisotopic (exact) mass is 389 g/mol. The Morgan fingerprint density at radius 3 is 2.48 bits per heavy atom. The Bertz CT molecular complexity index is 960. The first-order valence-electron chi connectivity index (χ1n) is 8.29. The molecule has 0 bridgehead atoms. The molecule has 1 aliphatic heterocycles. The fraction of sp³-hybridized carbons (Fsp3) is 0.294. The van der Waals surface area contributed by atoms with Crippen LogP contribution in [0.5, 0.6) is 0 Å². The topological polar surface area (TPSA) is 130 Å². The van der Waals surface area contributed by atoms with E-state index in [0.29, 0.717) is 17.8 Å². The molecule has 1 unspecified atom stereocenters. The van der Waals surface area contributed by atoms with E-state index in [1.165, 1.54) is 19.3 Å². The van der Waals surface area contributed by atoms with Crippen molar-refractivity contribution in [3.05, 3.63) is 42.2 Å². The van der Waals surface area contributed by atoms with Gasteiger partial charge in [0.05, 0.1) is 17.1 Å². The van der Waals surface area contributed by atoms with Crippen LogP contribution in [0.4, 0.5) is 17.3 Å². The summed E-state index contributed by atoms with van der Waals surface area (Å²) in [7, 11) is -3.06. The second-order valence-corrected chi connectivity index (χ2v) is 8.48. The summed E-state index contributed by atoms with van der Waals surface area (Å²) in [5.74, 6) is -0.237. The van der Waals surface area contributed by atoms with E-state index >= 15 is 0 Å². The Morgan fingerprint density at radius 2 is 1.85 bits per heavy atom. The molecule has 2 aromatic rings. The maximum Gasteiger partial charge on any atom is 0.254 e. The fourth-order valence-corrected chi connectivity index (χ4v) is 4.37. The Balaban J connectivity index is 1.62. The molecule has 2 heterocycles. The molecule has 2 amide bonds. The van der Waals surface area contributed by atoms with Crippen molar-refractivity contribution in [2.75, 3.05) is 22.1 Å². The number of rotatable bonds is 5. The zero-order chi connectivity index (χ0) is 19.4. The number of hydrogen-bond acceptors (Lipinski definition) is 7. The highest BCUT2D eigenvalue weighted by atomic mass is 32.2. The minimum absolute atomic E-state index is 0.0378. The van der Waals surface area contributed by atoms with Crippen molar-refractivity contribution in [2.24, 2.45) is 0 Å². The summed E-state index contributed by atoms with van der Waals surface area (Å²) in [4.78, 5) is 31.5. The van der Waals surface area contributed by atoms with Gasteiger partial charge >= 0.3 is 0 Å². The number of sulfone groups is 1. The largest absolute Gasteiger partial charge is 0.348 e. The van der Waals surface area contributed by atoms with Gasteiger partial charge in [-0.3, -0.25) is 9.59 Å². The van der Waals surface area contributed by atoms with Gasteiger partial charge in [-0.15, -0.1) is 0 Å². The van der Waals surface area contributed by atoms with Gasteiger partial charge in [0.1, 0.15) is 0 Å². The SMILES string of the molecule is CC(=O)Nc1cccc(Nc2ncc(C(=O)NC3CCS(=O)(=O)C3)cn2)c1. The van der Waals surface area contributed by atoms with E-state index in [4.69, 9.17) is 0 Å². The first-order chi connectivity index (χ1) is 12.8. The molecule has 27 heavy (non-hydrogen) atoms. The van der Waals surface area contributed by atoms with E-state index in [0.717, 1.165) is 0 Å². The van der Waals surface area contributed by atoms with Gasteiger partial charge in [-0.1, -0.05) is 6.07 Å². The summed E-state index contributed by atoms with van der Waals surface area (Å²) in [6, 6.07) is 6.66. The van der Waals surface area contributed by atoms with Gasteiger partial charge in [0.15, 0.2) is 9.84 Å². The highest BCUT2D eigenvalue weighted by molar-refractivity contribution is 7.91. The number of nitrogens with zero attached hydrogens (tertiary/aromatic N) is 2. The van der Waals surface area contributed by atoms with Crippen LogP contribution in [-0.2, 0) is 14.6 Å². The number of aromatic nitrogens is 2. The molecule has 1 saturated heterocycles. The number of carbonyl (C=O) groups is 2. The van der Waals surface area contributed by atoms with Crippen molar-refractivity contribution in [3.63, 3.8) is 0 Å². The van der Waals surface area contributed by atoms with Crippen molar-refractivity contribution in [3.8, 4) is 0 Å². The Hall–Kier alpha value is -3.01. The van der Waals surface area contributed by atoms with Crippen molar-refractivity contribution in [1.29, 1.82) is 0 Å². The van der Waals surface area contributed by atoms with Crippen LogP contribution >= 0.6 is 0 Å². The smallest absolute Gasteiger partial charge is 0.254 e. The molecule has 1 aromatic carbocycles. The third-order valence-electron chi connectivity index (χ3n) is 3.92. The van der Waals surface area contributed by atoms with E-state index < -0.39 is 15.7 Å². The molecule has 0 spiro atoms. The number of hydrogen-bond donors (Lipinski definition) is 3. The number of benzene rings is 1. The van der Waals surface area contributed by atoms with Gasteiger partial charge < -0.3 is 16.0 Å². The molecule has 1 fully saturated rings. The molecule has 1 aliphatic rings. The second-order valence-electron chi connectivity index (χ2n) is 6.26. The van der Waals surface area contributed by atoms with Crippen LogP contribution in [0.3, 0.4) is 0 Å². The molecular weight excluding hydrogens is 370 g/mol. The van der Waals surface area contributed by atoms with E-state index in [1.54, 1.807) is 24.3 Å². The first-order valence-corrected chi connectivity index (χ1v) is 10.1. The third kappa shape index (κ3) is 5.23. The summed E-state index contributed by atoms with van der Waals surface area (Å²) in [6.45, 7) is 1.42. The molecule has 3 N–H and O–H groups in total. The highest BCUT2D eigenvalue weighted by Gasteiger charge is 2.29. The molecule has 3 rings (SSSR count). The standard InChI is InChI=1S/C17H19N5O4S/c1-11(23)20-13-3-2-4-14(7-13)22-17-18-8-12(9-19-17)16(24)21-15-5-6-27(25,26)10-15/h2-4,7-9,15H,5-6,10H2,1H3,(H,20,23)(H,21,24)(H,18,19,22). The quantitative estimate of drug-likeness (QED) is 0.698. The second kappa shape index (κ2) is 7.70. The normalized spacial score (nSPS) is 17.9. The summed E-state index contributed by atoms with van der Waals surface area (Å²) < 4.78 is 22.9. The Kier molecular flexibility index (Phi) is 5.36. The average Bonchev–Trinajstić information content (AvgIpc) is 2.93. The first kappa shape index (κ1) is 18.8. The molecule has 0 saturated carbocycles. The van der Waals surface area contributed by atoms with Crippen LogP contribution < -0.4 is 16.0 Å². The van der Waals surface area contributed by atoms with E-state index in [2.05, 4.69) is 25.9 Å². The molecule has 0 aliphatic carbocycles. The summed E-state index contributed by atoms with van der Waals surface area (Å²) in [6.07, 6.45) is 3.15. The molecule has 142 valence electrons. The van der Waals surface area contributed by atoms with E-state index in [-0.39, 0.29) is 35.0 Å². The van der Waals surface area contributed by atoms with Gasteiger partial charge in [-0.25, -0.2) is 18.4 Å². The molecular formula is C17H19N5O4S. The Morgan fingerprint density at radius 1 is 1.15 bits per heavy atom.